The van der Waals surface area contributed by atoms with Gasteiger partial charge in [-0.25, -0.2) is 4.79 Å². The normalized spacial score (nSPS) is 16.6. The molecule has 0 radical (unpaired) electrons. The smallest absolute Gasteiger partial charge is 0.319 e. The van der Waals surface area contributed by atoms with Crippen LogP contribution in [0.2, 0.25) is 0 Å². The summed E-state index contributed by atoms with van der Waals surface area (Å²) in [6.45, 7) is 2.56. The van der Waals surface area contributed by atoms with Crippen LogP contribution in [0.5, 0.6) is 0 Å². The van der Waals surface area contributed by atoms with E-state index < -0.39 is 4.92 Å². The molecule has 0 aliphatic carbocycles. The highest BCUT2D eigenvalue weighted by atomic mass is 16.6. The van der Waals surface area contributed by atoms with Gasteiger partial charge in [0.05, 0.1) is 4.92 Å². The monoisotopic (exact) mass is 437 g/mol. The first-order valence-electron chi connectivity index (χ1n) is 11.0. The van der Waals surface area contributed by atoms with Crippen LogP contribution in [0.1, 0.15) is 36.0 Å². The summed E-state index contributed by atoms with van der Waals surface area (Å²) in [6, 6.07) is 13.7. The number of hydrogen-bond donors (Lipinski definition) is 2. The number of rotatable bonds is 5. The Morgan fingerprint density at radius 3 is 2.31 bits per heavy atom. The number of carbonyl (C=O) groups excluding carboxylic acids is 2. The maximum atomic E-state index is 13.0. The fourth-order valence-electron chi connectivity index (χ4n) is 4.31. The number of nitrogens with zero attached hydrogens (tertiary/aromatic N) is 3. The molecule has 9 nitrogen and oxygen atoms in total. The minimum atomic E-state index is -0.411. The van der Waals surface area contributed by atoms with E-state index in [2.05, 4.69) is 10.6 Å². The van der Waals surface area contributed by atoms with Gasteiger partial charge in [-0.3, -0.25) is 14.9 Å². The van der Waals surface area contributed by atoms with Crippen molar-refractivity contribution >= 4 is 29.0 Å². The average Bonchev–Trinajstić information content (AvgIpc) is 3.34. The predicted octanol–water partition coefficient (Wildman–Crippen LogP) is 3.62. The molecule has 2 N–H and O–H groups in total. The third-order valence-electron chi connectivity index (χ3n) is 6.01. The molecule has 9 heteroatoms. The van der Waals surface area contributed by atoms with Gasteiger partial charge in [-0.2, -0.15) is 0 Å². The molecule has 0 atom stereocenters. The molecule has 3 amide bonds. The molecule has 0 bridgehead atoms. The van der Waals surface area contributed by atoms with E-state index in [1.165, 1.54) is 6.07 Å². The molecule has 2 aromatic rings. The highest BCUT2D eigenvalue weighted by Crippen LogP contribution is 2.32. The van der Waals surface area contributed by atoms with Crippen LogP contribution in [-0.4, -0.2) is 54.0 Å². The predicted molar refractivity (Wildman–Crippen MR) is 122 cm³/mol. The molecule has 2 aliphatic rings. The van der Waals surface area contributed by atoms with Gasteiger partial charge in [-0.1, -0.05) is 18.2 Å². The standard InChI is InChI=1S/C23H27N5O4/c29-22(17-8-9-20(21(16-17)28(31)32)26-12-4-5-13-26)27-14-10-19(11-15-27)25-23(30)24-18-6-2-1-3-7-18/h1-3,6-9,16,19H,4-5,10-15H2,(H2,24,25,30). The highest BCUT2D eigenvalue weighted by molar-refractivity contribution is 5.96. The van der Waals surface area contributed by atoms with E-state index in [0.29, 0.717) is 37.2 Å². The molecule has 0 saturated carbocycles. The maximum absolute atomic E-state index is 13.0. The molecule has 2 fully saturated rings. The largest absolute Gasteiger partial charge is 0.366 e. The number of anilines is 2. The Labute approximate surface area is 186 Å². The van der Waals surface area contributed by atoms with Gasteiger partial charge >= 0.3 is 6.03 Å². The van der Waals surface area contributed by atoms with E-state index in [4.69, 9.17) is 0 Å². The average molecular weight is 438 g/mol. The summed E-state index contributed by atoms with van der Waals surface area (Å²) in [5.41, 5.74) is 1.60. The molecule has 2 heterocycles. The van der Waals surface area contributed by atoms with E-state index in [-0.39, 0.29) is 23.7 Å². The number of nitrogens with one attached hydrogen (secondary N) is 2. The van der Waals surface area contributed by atoms with Gasteiger partial charge < -0.3 is 20.4 Å². The van der Waals surface area contributed by atoms with E-state index in [9.17, 15) is 19.7 Å². The Hall–Kier alpha value is -3.62. The zero-order chi connectivity index (χ0) is 22.5. The first-order chi connectivity index (χ1) is 15.5. The third kappa shape index (κ3) is 4.99. The zero-order valence-corrected chi connectivity index (χ0v) is 17.8. The third-order valence-corrected chi connectivity index (χ3v) is 6.01. The van der Waals surface area contributed by atoms with Crippen LogP contribution in [0, 0.1) is 10.1 Å². The number of carbonyl (C=O) groups is 2. The van der Waals surface area contributed by atoms with Crippen LogP contribution in [-0.2, 0) is 0 Å². The van der Waals surface area contributed by atoms with E-state index >= 15 is 0 Å². The molecule has 0 unspecified atom stereocenters. The van der Waals surface area contributed by atoms with Crippen molar-refractivity contribution in [3.05, 3.63) is 64.2 Å². The number of amides is 3. The number of para-hydroxylation sites is 1. The number of nitro benzene ring substituents is 1. The molecule has 32 heavy (non-hydrogen) atoms. The Morgan fingerprint density at radius 1 is 0.969 bits per heavy atom. The summed E-state index contributed by atoms with van der Waals surface area (Å²) >= 11 is 0. The molecule has 2 aliphatic heterocycles. The molecule has 2 aromatic carbocycles. The van der Waals surface area contributed by atoms with Gasteiger partial charge in [-0.05, 0) is 49.9 Å². The first-order valence-corrected chi connectivity index (χ1v) is 11.0. The van der Waals surface area contributed by atoms with Gasteiger partial charge in [0.2, 0.25) is 0 Å². The number of benzene rings is 2. The van der Waals surface area contributed by atoms with Crippen molar-refractivity contribution in [1.82, 2.24) is 10.2 Å². The van der Waals surface area contributed by atoms with Crippen molar-refractivity contribution in [3.8, 4) is 0 Å². The van der Waals surface area contributed by atoms with Gasteiger partial charge in [-0.15, -0.1) is 0 Å². The fraction of sp³-hybridized carbons (Fsp3) is 0.391. The van der Waals surface area contributed by atoms with Crippen LogP contribution in [0.25, 0.3) is 0 Å². The number of urea groups is 1. The summed E-state index contributed by atoms with van der Waals surface area (Å²) in [7, 11) is 0. The Kier molecular flexibility index (Phi) is 6.53. The van der Waals surface area contributed by atoms with Crippen LogP contribution < -0.4 is 15.5 Å². The highest BCUT2D eigenvalue weighted by Gasteiger charge is 2.28. The topological polar surface area (TPSA) is 108 Å². The maximum Gasteiger partial charge on any atom is 0.319 e. The summed E-state index contributed by atoms with van der Waals surface area (Å²) in [5.74, 6) is -0.215. The number of piperidine rings is 1. The molecule has 0 aromatic heterocycles. The van der Waals surface area contributed by atoms with E-state index in [1.54, 1.807) is 17.0 Å². The lowest BCUT2D eigenvalue weighted by molar-refractivity contribution is -0.384. The summed E-state index contributed by atoms with van der Waals surface area (Å²) in [4.78, 5) is 40.1. The van der Waals surface area contributed by atoms with Crippen molar-refractivity contribution < 1.29 is 14.5 Å². The van der Waals surface area contributed by atoms with Crippen molar-refractivity contribution in [2.45, 2.75) is 31.7 Å². The summed E-state index contributed by atoms with van der Waals surface area (Å²) in [5, 5.41) is 17.4. The Balaban J connectivity index is 1.34. The quantitative estimate of drug-likeness (QED) is 0.549. The Bertz CT molecular complexity index is 983. The molecule has 0 spiro atoms. The van der Waals surface area contributed by atoms with Gasteiger partial charge in [0.1, 0.15) is 5.69 Å². The minimum absolute atomic E-state index is 0.0214. The van der Waals surface area contributed by atoms with E-state index in [0.717, 1.165) is 31.6 Å². The zero-order valence-electron chi connectivity index (χ0n) is 17.8. The minimum Gasteiger partial charge on any atom is -0.366 e. The van der Waals surface area contributed by atoms with E-state index in [1.807, 2.05) is 35.2 Å². The Morgan fingerprint density at radius 2 is 1.66 bits per heavy atom. The number of nitro groups is 1. The second-order valence-electron chi connectivity index (χ2n) is 8.19. The molecule has 4 rings (SSSR count). The molecular formula is C23H27N5O4. The van der Waals surface area contributed by atoms with Crippen molar-refractivity contribution in [2.75, 3.05) is 36.4 Å². The second-order valence-corrected chi connectivity index (χ2v) is 8.19. The first kappa shape index (κ1) is 21.6. The van der Waals surface area contributed by atoms with Crippen molar-refractivity contribution in [3.63, 3.8) is 0 Å². The number of hydrogen-bond acceptors (Lipinski definition) is 5. The van der Waals surface area contributed by atoms with Crippen LogP contribution >= 0.6 is 0 Å². The molecular weight excluding hydrogens is 410 g/mol. The molecule has 2 saturated heterocycles. The van der Waals surface area contributed by atoms with Crippen molar-refractivity contribution in [1.29, 1.82) is 0 Å². The van der Waals surface area contributed by atoms with Crippen molar-refractivity contribution in [2.24, 2.45) is 0 Å². The molecule has 168 valence electrons. The van der Waals surface area contributed by atoms with Crippen LogP contribution in [0.3, 0.4) is 0 Å². The lowest BCUT2D eigenvalue weighted by atomic mass is 10.0. The fourth-order valence-corrected chi connectivity index (χ4v) is 4.31. The van der Waals surface area contributed by atoms with Gasteiger partial charge in [0, 0.05) is 49.5 Å². The summed E-state index contributed by atoms with van der Waals surface area (Å²) < 4.78 is 0. The van der Waals surface area contributed by atoms with Gasteiger partial charge in [0.15, 0.2) is 0 Å². The summed E-state index contributed by atoms with van der Waals surface area (Å²) in [6.07, 6.45) is 3.29. The second kappa shape index (κ2) is 9.67. The van der Waals surface area contributed by atoms with Gasteiger partial charge in [0.25, 0.3) is 11.6 Å². The lowest BCUT2D eigenvalue weighted by Gasteiger charge is -2.32. The SMILES string of the molecule is O=C(Nc1ccccc1)NC1CCN(C(=O)c2ccc(N3CCCC3)c([N+](=O)[O-])c2)CC1. The number of likely N-dealkylation sites (tertiary alicyclic amines) is 1. The van der Waals surface area contributed by atoms with Crippen LogP contribution in [0.4, 0.5) is 21.9 Å². The lowest BCUT2D eigenvalue weighted by Crippen LogP contribution is -2.47. The van der Waals surface area contributed by atoms with Crippen LogP contribution in [0.15, 0.2) is 48.5 Å².